The average Bonchev–Trinajstić information content (AvgIpc) is 3.31. The van der Waals surface area contributed by atoms with E-state index in [-0.39, 0.29) is 30.3 Å². The van der Waals surface area contributed by atoms with Crippen molar-refractivity contribution in [1.29, 1.82) is 0 Å². The van der Waals surface area contributed by atoms with Crippen molar-refractivity contribution in [3.8, 4) is 5.75 Å². The minimum absolute atomic E-state index is 0.0284. The molecule has 2 aliphatic rings. The SMILES string of the molecule is CCOC(=O)c1c(N2CCN(CCO)CC2)oc(C=C2C=Nc3ncccc32)c1O. The standard InChI is InChI=1S/C21H24N4O5/c1-2-29-21(28)17-18(27)16(12-14-13-23-19-15(14)4-3-5-22-19)30-20(17)25-8-6-24(7-9-25)10-11-26/h3-5,12-13,26-27H,2,6-11H2,1H3. The molecule has 4 heterocycles. The molecule has 2 aliphatic heterocycles. The number of nitrogens with zero attached hydrogens (tertiary/aromatic N) is 4. The summed E-state index contributed by atoms with van der Waals surface area (Å²) in [5, 5.41) is 19.9. The number of fused-ring (bicyclic) bond motifs is 1. The molecule has 9 heteroatoms. The van der Waals surface area contributed by atoms with Crippen molar-refractivity contribution in [3.63, 3.8) is 0 Å². The summed E-state index contributed by atoms with van der Waals surface area (Å²) < 4.78 is 11.1. The Morgan fingerprint density at radius 3 is 2.87 bits per heavy atom. The maximum Gasteiger partial charge on any atom is 0.347 e. The molecule has 0 saturated carbocycles. The van der Waals surface area contributed by atoms with Gasteiger partial charge in [-0.05, 0) is 25.1 Å². The molecule has 1 fully saturated rings. The fraction of sp³-hybridized carbons (Fsp3) is 0.381. The second-order valence-electron chi connectivity index (χ2n) is 7.00. The minimum atomic E-state index is -0.627. The number of aromatic nitrogens is 1. The number of aliphatic hydroxyl groups excluding tert-OH is 1. The minimum Gasteiger partial charge on any atom is -0.504 e. The first-order chi connectivity index (χ1) is 14.6. The van der Waals surface area contributed by atoms with Gasteiger partial charge in [0, 0.05) is 56.3 Å². The van der Waals surface area contributed by atoms with Gasteiger partial charge in [-0.15, -0.1) is 0 Å². The Kier molecular flexibility index (Phi) is 5.82. The van der Waals surface area contributed by atoms with Crippen LogP contribution in [0.15, 0.2) is 27.7 Å². The molecule has 0 bridgehead atoms. The molecule has 0 aromatic carbocycles. The number of hydrogen-bond acceptors (Lipinski definition) is 9. The zero-order valence-electron chi connectivity index (χ0n) is 16.7. The van der Waals surface area contributed by atoms with Crippen LogP contribution in [0.5, 0.6) is 5.75 Å². The first-order valence-electron chi connectivity index (χ1n) is 9.94. The largest absolute Gasteiger partial charge is 0.504 e. The lowest BCUT2D eigenvalue weighted by molar-refractivity contribution is 0.0523. The Morgan fingerprint density at radius 1 is 1.33 bits per heavy atom. The van der Waals surface area contributed by atoms with Crippen LogP contribution >= 0.6 is 0 Å². The van der Waals surface area contributed by atoms with E-state index in [0.717, 1.165) is 11.1 Å². The molecular weight excluding hydrogens is 388 g/mol. The second-order valence-corrected chi connectivity index (χ2v) is 7.00. The zero-order chi connectivity index (χ0) is 21.1. The van der Waals surface area contributed by atoms with E-state index in [9.17, 15) is 9.90 Å². The molecule has 0 atom stereocenters. The van der Waals surface area contributed by atoms with Gasteiger partial charge >= 0.3 is 5.97 Å². The van der Waals surface area contributed by atoms with Crippen LogP contribution in [0, 0.1) is 0 Å². The number of aliphatic hydroxyl groups is 1. The number of aromatic hydroxyl groups is 1. The molecule has 0 spiro atoms. The Morgan fingerprint density at radius 2 is 2.13 bits per heavy atom. The van der Waals surface area contributed by atoms with Gasteiger partial charge in [-0.1, -0.05) is 0 Å². The van der Waals surface area contributed by atoms with E-state index in [1.54, 1.807) is 25.4 Å². The van der Waals surface area contributed by atoms with Crippen molar-refractivity contribution in [3.05, 3.63) is 35.2 Å². The van der Waals surface area contributed by atoms with Crippen molar-refractivity contribution < 1.29 is 24.2 Å². The maximum atomic E-state index is 12.6. The van der Waals surface area contributed by atoms with E-state index in [1.165, 1.54) is 0 Å². The van der Waals surface area contributed by atoms with Crippen LogP contribution in [0.3, 0.4) is 0 Å². The number of aliphatic imine (C=N–C) groups is 1. The first kappa shape index (κ1) is 20.1. The summed E-state index contributed by atoms with van der Waals surface area (Å²) >= 11 is 0. The number of esters is 1. The van der Waals surface area contributed by atoms with Gasteiger partial charge in [0.05, 0.1) is 13.2 Å². The summed E-state index contributed by atoms with van der Waals surface area (Å²) in [6.45, 7) is 5.24. The number of anilines is 1. The van der Waals surface area contributed by atoms with Crippen LogP contribution in [-0.2, 0) is 4.74 Å². The number of β-amino-alcohol motifs (C(OH)–C–C–N with tert-alkyl or cyclic N) is 1. The number of furan rings is 1. The van der Waals surface area contributed by atoms with Crippen LogP contribution in [0.25, 0.3) is 11.6 Å². The quantitative estimate of drug-likeness (QED) is 0.693. The highest BCUT2D eigenvalue weighted by Gasteiger charge is 2.31. The van der Waals surface area contributed by atoms with Crippen molar-refractivity contribution >= 4 is 35.5 Å². The second kappa shape index (κ2) is 8.68. The molecule has 0 aliphatic carbocycles. The summed E-state index contributed by atoms with van der Waals surface area (Å²) in [7, 11) is 0. The number of hydrogen-bond donors (Lipinski definition) is 2. The number of carbonyl (C=O) groups excluding carboxylic acids is 1. The predicted octanol–water partition coefficient (Wildman–Crippen LogP) is 1.93. The summed E-state index contributed by atoms with van der Waals surface area (Å²) in [4.78, 5) is 25.1. The third kappa shape index (κ3) is 3.81. The summed E-state index contributed by atoms with van der Waals surface area (Å²) in [5.41, 5.74) is 1.59. The van der Waals surface area contributed by atoms with E-state index in [0.29, 0.717) is 44.4 Å². The van der Waals surface area contributed by atoms with Gasteiger partial charge in [-0.2, -0.15) is 0 Å². The van der Waals surface area contributed by atoms with Gasteiger partial charge < -0.3 is 24.3 Å². The molecule has 9 nitrogen and oxygen atoms in total. The van der Waals surface area contributed by atoms with Gasteiger partial charge in [0.25, 0.3) is 0 Å². The highest BCUT2D eigenvalue weighted by Crippen LogP contribution is 2.40. The van der Waals surface area contributed by atoms with Crippen molar-refractivity contribution in [1.82, 2.24) is 9.88 Å². The third-order valence-electron chi connectivity index (χ3n) is 5.16. The normalized spacial score (nSPS) is 17.5. The summed E-state index contributed by atoms with van der Waals surface area (Å²) in [6.07, 6.45) is 4.97. The van der Waals surface area contributed by atoms with Gasteiger partial charge in [-0.25, -0.2) is 14.8 Å². The molecule has 0 unspecified atom stereocenters. The molecule has 2 aromatic heterocycles. The van der Waals surface area contributed by atoms with Crippen LogP contribution in [-0.4, -0.2) is 78.2 Å². The first-order valence-corrected chi connectivity index (χ1v) is 9.94. The van der Waals surface area contributed by atoms with E-state index in [4.69, 9.17) is 14.3 Å². The Bertz CT molecular complexity index is 989. The van der Waals surface area contributed by atoms with Gasteiger partial charge in [0.2, 0.25) is 5.88 Å². The Labute approximate surface area is 173 Å². The van der Waals surface area contributed by atoms with Crippen molar-refractivity contribution in [2.24, 2.45) is 4.99 Å². The van der Waals surface area contributed by atoms with Crippen molar-refractivity contribution in [2.45, 2.75) is 6.92 Å². The van der Waals surface area contributed by atoms with Gasteiger partial charge in [-0.3, -0.25) is 4.90 Å². The summed E-state index contributed by atoms with van der Waals surface area (Å²) in [6, 6.07) is 3.69. The number of pyridine rings is 1. The summed E-state index contributed by atoms with van der Waals surface area (Å²) in [5.74, 6) is 0.185. The molecule has 4 rings (SSSR count). The van der Waals surface area contributed by atoms with E-state index < -0.39 is 5.97 Å². The van der Waals surface area contributed by atoms with E-state index in [1.807, 2.05) is 17.0 Å². The lowest BCUT2D eigenvalue weighted by Gasteiger charge is -2.34. The number of ether oxygens (including phenoxy) is 1. The lowest BCUT2D eigenvalue weighted by atomic mass is 10.1. The van der Waals surface area contributed by atoms with E-state index in [2.05, 4.69) is 14.9 Å². The van der Waals surface area contributed by atoms with Crippen LogP contribution in [0.4, 0.5) is 11.7 Å². The number of rotatable bonds is 6. The van der Waals surface area contributed by atoms with Crippen LogP contribution < -0.4 is 4.90 Å². The lowest BCUT2D eigenvalue weighted by Crippen LogP contribution is -2.47. The molecule has 0 amide bonds. The number of carbonyl (C=O) groups is 1. The highest BCUT2D eigenvalue weighted by molar-refractivity contribution is 6.21. The molecular formula is C21H24N4O5. The number of allylic oxidation sites excluding steroid dienone is 1. The fourth-order valence-electron chi connectivity index (χ4n) is 3.63. The van der Waals surface area contributed by atoms with E-state index >= 15 is 0 Å². The molecule has 158 valence electrons. The predicted molar refractivity (Wildman–Crippen MR) is 112 cm³/mol. The number of piperazine rings is 1. The fourth-order valence-corrected chi connectivity index (χ4v) is 3.63. The van der Waals surface area contributed by atoms with Crippen LogP contribution in [0.1, 0.15) is 28.6 Å². The topological polar surface area (TPSA) is 112 Å². The van der Waals surface area contributed by atoms with Gasteiger partial charge in [0.15, 0.2) is 22.9 Å². The molecule has 1 saturated heterocycles. The van der Waals surface area contributed by atoms with Gasteiger partial charge in [0.1, 0.15) is 0 Å². The molecule has 2 N–H and O–H groups in total. The monoisotopic (exact) mass is 412 g/mol. The average molecular weight is 412 g/mol. The molecule has 30 heavy (non-hydrogen) atoms. The third-order valence-corrected chi connectivity index (χ3v) is 5.16. The smallest absolute Gasteiger partial charge is 0.347 e. The molecule has 0 radical (unpaired) electrons. The Hall–Kier alpha value is -3.17. The van der Waals surface area contributed by atoms with Crippen LogP contribution in [0.2, 0.25) is 0 Å². The Balaban J connectivity index is 1.68. The van der Waals surface area contributed by atoms with Crippen molar-refractivity contribution in [2.75, 3.05) is 50.8 Å². The zero-order valence-corrected chi connectivity index (χ0v) is 16.7. The molecule has 2 aromatic rings. The highest BCUT2D eigenvalue weighted by atomic mass is 16.5. The maximum absolute atomic E-state index is 12.6.